The number of morpholine rings is 1. The van der Waals surface area contributed by atoms with Gasteiger partial charge in [0.1, 0.15) is 0 Å². The van der Waals surface area contributed by atoms with E-state index in [1.54, 1.807) is 4.68 Å². The van der Waals surface area contributed by atoms with Crippen LogP contribution in [0.5, 0.6) is 0 Å². The van der Waals surface area contributed by atoms with E-state index < -0.39 is 0 Å². The normalized spacial score (nSPS) is 21.0. The van der Waals surface area contributed by atoms with Crippen LogP contribution in [0.3, 0.4) is 0 Å². The van der Waals surface area contributed by atoms with Crippen LogP contribution < -0.4 is 0 Å². The van der Waals surface area contributed by atoms with Gasteiger partial charge >= 0.3 is 0 Å². The van der Waals surface area contributed by atoms with Gasteiger partial charge in [0.25, 0.3) is 0 Å². The Morgan fingerprint density at radius 2 is 1.96 bits per heavy atom. The quantitative estimate of drug-likeness (QED) is 0.762. The number of benzene rings is 1. The average Bonchev–Trinajstić information content (AvgIpc) is 3.00. The topological polar surface area (TPSA) is 73.1 Å². The Morgan fingerprint density at radius 1 is 1.25 bits per heavy atom. The first-order chi connectivity index (χ1) is 11.6. The van der Waals surface area contributed by atoms with Gasteiger partial charge in [0, 0.05) is 13.1 Å². The van der Waals surface area contributed by atoms with Crippen molar-refractivity contribution in [3.63, 3.8) is 0 Å². The molecule has 1 fully saturated rings. The fraction of sp³-hybridized carbons (Fsp3) is 0.500. The Labute approximate surface area is 145 Å². The summed E-state index contributed by atoms with van der Waals surface area (Å²) in [4.78, 5) is 14.3. The molecule has 3 rings (SSSR count). The lowest BCUT2D eigenvalue weighted by atomic mass is 10.2. The van der Waals surface area contributed by atoms with Crippen LogP contribution in [0, 0.1) is 0 Å². The summed E-state index contributed by atoms with van der Waals surface area (Å²) < 4.78 is 7.39. The predicted molar refractivity (Wildman–Crippen MR) is 90.7 cm³/mol. The lowest BCUT2D eigenvalue weighted by molar-refractivity contribution is -0.140. The maximum absolute atomic E-state index is 12.4. The van der Waals surface area contributed by atoms with E-state index in [9.17, 15) is 4.79 Å². The average molecular weight is 347 g/mol. The molecule has 0 N–H and O–H groups in total. The van der Waals surface area contributed by atoms with Gasteiger partial charge in [-0.1, -0.05) is 42.1 Å². The molecule has 0 saturated carbocycles. The van der Waals surface area contributed by atoms with Crippen molar-refractivity contribution in [3.8, 4) is 0 Å². The Balaban J connectivity index is 1.57. The molecule has 0 aliphatic carbocycles. The van der Waals surface area contributed by atoms with Crippen molar-refractivity contribution >= 4 is 17.7 Å². The number of carbonyl (C=O) groups is 1. The molecule has 0 bridgehead atoms. The minimum absolute atomic E-state index is 0.0751. The third-order valence-electron chi connectivity index (χ3n) is 3.77. The molecule has 0 radical (unpaired) electrons. The second-order valence-electron chi connectivity index (χ2n) is 5.95. The standard InChI is InChI=1S/C16H21N5O2S/c1-12-8-20(9-13(2)23-12)15(22)11-24-16-17-18-19-21(16)10-14-6-4-3-5-7-14/h3-7,12-13H,8-11H2,1-2H3/t12-,13-/m1/s1. The number of nitrogens with zero attached hydrogens (tertiary/aromatic N) is 5. The van der Waals surface area contributed by atoms with E-state index in [1.807, 2.05) is 49.1 Å². The molecular formula is C16H21N5O2S. The summed E-state index contributed by atoms with van der Waals surface area (Å²) >= 11 is 1.37. The summed E-state index contributed by atoms with van der Waals surface area (Å²) in [7, 11) is 0. The van der Waals surface area contributed by atoms with E-state index in [0.717, 1.165) is 5.56 Å². The Morgan fingerprint density at radius 3 is 2.67 bits per heavy atom. The largest absolute Gasteiger partial charge is 0.372 e. The van der Waals surface area contributed by atoms with Crippen LogP contribution in [-0.4, -0.2) is 62.1 Å². The first kappa shape index (κ1) is 16.9. The van der Waals surface area contributed by atoms with E-state index in [-0.39, 0.29) is 18.1 Å². The lowest BCUT2D eigenvalue weighted by Gasteiger charge is -2.35. The third kappa shape index (κ3) is 4.33. The van der Waals surface area contributed by atoms with Crippen LogP contribution >= 0.6 is 11.8 Å². The zero-order valence-corrected chi connectivity index (χ0v) is 14.6. The molecule has 2 heterocycles. The summed E-state index contributed by atoms with van der Waals surface area (Å²) in [5.74, 6) is 0.422. The van der Waals surface area contributed by atoms with Crippen molar-refractivity contribution in [2.24, 2.45) is 0 Å². The number of ether oxygens (including phenoxy) is 1. The highest BCUT2D eigenvalue weighted by atomic mass is 32.2. The van der Waals surface area contributed by atoms with Crippen LogP contribution in [-0.2, 0) is 16.1 Å². The van der Waals surface area contributed by atoms with Gasteiger partial charge in [-0.05, 0) is 29.8 Å². The molecule has 1 aliphatic rings. The van der Waals surface area contributed by atoms with Gasteiger partial charge in [-0.2, -0.15) is 0 Å². The number of amides is 1. The number of rotatable bonds is 5. The van der Waals surface area contributed by atoms with Crippen molar-refractivity contribution in [3.05, 3.63) is 35.9 Å². The van der Waals surface area contributed by atoms with Crippen molar-refractivity contribution in [1.29, 1.82) is 0 Å². The number of tetrazole rings is 1. The van der Waals surface area contributed by atoms with Crippen molar-refractivity contribution in [2.75, 3.05) is 18.8 Å². The van der Waals surface area contributed by atoms with Gasteiger partial charge in [-0.25, -0.2) is 4.68 Å². The van der Waals surface area contributed by atoms with E-state index in [0.29, 0.717) is 30.5 Å². The molecule has 1 saturated heterocycles. The molecule has 2 aromatic rings. The monoisotopic (exact) mass is 347 g/mol. The highest BCUT2D eigenvalue weighted by Gasteiger charge is 2.26. The molecule has 128 valence electrons. The van der Waals surface area contributed by atoms with Gasteiger partial charge < -0.3 is 9.64 Å². The summed E-state index contributed by atoms with van der Waals surface area (Å²) in [6, 6.07) is 9.99. The predicted octanol–water partition coefficient (Wildman–Crippen LogP) is 1.45. The lowest BCUT2D eigenvalue weighted by Crippen LogP contribution is -2.48. The number of aromatic nitrogens is 4. The molecule has 1 aromatic heterocycles. The first-order valence-corrected chi connectivity index (χ1v) is 8.96. The number of hydrogen-bond acceptors (Lipinski definition) is 6. The minimum Gasteiger partial charge on any atom is -0.372 e. The zero-order valence-electron chi connectivity index (χ0n) is 13.8. The molecular weight excluding hydrogens is 326 g/mol. The molecule has 2 atom stereocenters. The van der Waals surface area contributed by atoms with Crippen molar-refractivity contribution in [2.45, 2.75) is 37.8 Å². The number of hydrogen-bond donors (Lipinski definition) is 0. The molecule has 0 unspecified atom stereocenters. The molecule has 1 aliphatic heterocycles. The zero-order chi connectivity index (χ0) is 16.9. The van der Waals surface area contributed by atoms with E-state index in [4.69, 9.17) is 4.74 Å². The number of carbonyl (C=O) groups excluding carboxylic acids is 1. The molecule has 8 heteroatoms. The van der Waals surface area contributed by atoms with Crippen molar-refractivity contribution < 1.29 is 9.53 Å². The minimum atomic E-state index is 0.0751. The van der Waals surface area contributed by atoms with Crippen LogP contribution in [0.15, 0.2) is 35.5 Å². The maximum Gasteiger partial charge on any atom is 0.233 e. The second kappa shape index (κ2) is 7.76. The van der Waals surface area contributed by atoms with Gasteiger partial charge in [-0.15, -0.1) is 5.10 Å². The molecule has 1 aromatic carbocycles. The highest BCUT2D eigenvalue weighted by Crippen LogP contribution is 2.18. The van der Waals surface area contributed by atoms with Gasteiger partial charge in [0.2, 0.25) is 11.1 Å². The molecule has 24 heavy (non-hydrogen) atoms. The van der Waals surface area contributed by atoms with E-state index in [2.05, 4.69) is 15.5 Å². The Kier molecular flexibility index (Phi) is 5.47. The van der Waals surface area contributed by atoms with Gasteiger partial charge in [-0.3, -0.25) is 4.79 Å². The fourth-order valence-electron chi connectivity index (χ4n) is 2.75. The first-order valence-electron chi connectivity index (χ1n) is 7.98. The van der Waals surface area contributed by atoms with Crippen LogP contribution in [0.4, 0.5) is 0 Å². The SMILES string of the molecule is C[C@@H]1CN(C(=O)CSc2nnnn2Cc2ccccc2)C[C@@H](C)O1. The summed E-state index contributed by atoms with van der Waals surface area (Å²) in [6.45, 7) is 5.85. The second-order valence-corrected chi connectivity index (χ2v) is 6.89. The van der Waals surface area contributed by atoms with Crippen molar-refractivity contribution in [1.82, 2.24) is 25.1 Å². The van der Waals surface area contributed by atoms with E-state index >= 15 is 0 Å². The van der Waals surface area contributed by atoms with Crippen LogP contribution in [0.25, 0.3) is 0 Å². The molecule has 0 spiro atoms. The Bertz CT molecular complexity index is 668. The summed E-state index contributed by atoms with van der Waals surface area (Å²) in [5, 5.41) is 12.4. The van der Waals surface area contributed by atoms with E-state index in [1.165, 1.54) is 11.8 Å². The maximum atomic E-state index is 12.4. The number of thioether (sulfide) groups is 1. The van der Waals surface area contributed by atoms with Crippen LogP contribution in [0.2, 0.25) is 0 Å². The van der Waals surface area contributed by atoms with Gasteiger partial charge in [0.05, 0.1) is 24.5 Å². The smallest absolute Gasteiger partial charge is 0.233 e. The fourth-order valence-corrected chi connectivity index (χ4v) is 3.53. The highest BCUT2D eigenvalue weighted by molar-refractivity contribution is 7.99. The van der Waals surface area contributed by atoms with Crippen LogP contribution in [0.1, 0.15) is 19.4 Å². The summed E-state index contributed by atoms with van der Waals surface area (Å²) in [6.07, 6.45) is 0.150. The molecule has 7 nitrogen and oxygen atoms in total. The Hall–Kier alpha value is -1.93. The van der Waals surface area contributed by atoms with Gasteiger partial charge in [0.15, 0.2) is 0 Å². The summed E-state index contributed by atoms with van der Waals surface area (Å²) in [5.41, 5.74) is 1.12. The third-order valence-corrected chi connectivity index (χ3v) is 4.71. The molecule has 1 amide bonds.